The Morgan fingerprint density at radius 2 is 0.927 bits per heavy atom. The molecule has 0 saturated heterocycles. The average Bonchev–Trinajstić information content (AvgIpc) is 3.80. The van der Waals surface area contributed by atoms with Crippen LogP contribution in [0.3, 0.4) is 0 Å². The molecule has 0 N–H and O–H groups in total. The molecular formula is C52H34N2O. The maximum atomic E-state index is 6.85. The van der Waals surface area contributed by atoms with E-state index in [0.717, 1.165) is 55.8 Å². The number of furan rings is 1. The Balaban J connectivity index is 1.07. The molecule has 0 aliphatic rings. The smallest absolute Gasteiger partial charge is 0.137 e. The molecule has 0 aliphatic heterocycles. The molecule has 0 amide bonds. The van der Waals surface area contributed by atoms with Gasteiger partial charge in [-0.3, -0.25) is 0 Å². The molecule has 3 heteroatoms. The van der Waals surface area contributed by atoms with Gasteiger partial charge in [0.2, 0.25) is 0 Å². The van der Waals surface area contributed by atoms with Crippen LogP contribution in [0.2, 0.25) is 0 Å². The monoisotopic (exact) mass is 702 g/mol. The minimum absolute atomic E-state index is 0.859. The van der Waals surface area contributed by atoms with E-state index in [1.807, 2.05) is 0 Å². The molecule has 0 fully saturated rings. The van der Waals surface area contributed by atoms with Crippen LogP contribution < -0.4 is 4.90 Å². The lowest BCUT2D eigenvalue weighted by molar-refractivity contribution is 0.669. The molecule has 9 aromatic carbocycles. The molecule has 0 bridgehead atoms. The lowest BCUT2D eigenvalue weighted by Crippen LogP contribution is -2.09. The van der Waals surface area contributed by atoms with Crippen molar-refractivity contribution in [1.29, 1.82) is 0 Å². The minimum atomic E-state index is 0.859. The second-order valence-electron chi connectivity index (χ2n) is 14.1. The van der Waals surface area contributed by atoms with Crippen molar-refractivity contribution in [3.63, 3.8) is 0 Å². The predicted molar refractivity (Wildman–Crippen MR) is 231 cm³/mol. The Hall–Kier alpha value is -7.36. The summed E-state index contributed by atoms with van der Waals surface area (Å²) in [5.41, 5.74) is 13.2. The van der Waals surface area contributed by atoms with Crippen LogP contribution in [-0.4, -0.2) is 4.57 Å². The fraction of sp³-hybridized carbons (Fsp3) is 0. The lowest BCUT2D eigenvalue weighted by Gasteiger charge is -2.25. The van der Waals surface area contributed by atoms with Crippen LogP contribution in [-0.2, 0) is 0 Å². The van der Waals surface area contributed by atoms with Crippen molar-refractivity contribution in [2.45, 2.75) is 0 Å². The first-order valence-electron chi connectivity index (χ1n) is 18.8. The molecule has 0 spiro atoms. The number of para-hydroxylation sites is 3. The standard InChI is InChI=1S/C52H34N2O/c1-4-14-35(15-5-1)36-24-27-40(28-25-36)53(38-16-6-2-7-17-38)41-29-30-45-50(33-41)55-51-34-46(42-20-10-11-22-44(42)52(45)51)37-26-31-49-47(32-37)43-21-12-13-23-48(43)54(49)39-18-8-3-9-19-39/h1-34H. The topological polar surface area (TPSA) is 21.3 Å². The number of aromatic nitrogens is 1. The third-order valence-corrected chi connectivity index (χ3v) is 11.0. The quantitative estimate of drug-likeness (QED) is 0.172. The Bertz CT molecular complexity index is 3180. The Morgan fingerprint density at radius 3 is 1.71 bits per heavy atom. The molecule has 0 aliphatic carbocycles. The van der Waals surface area contributed by atoms with Crippen LogP contribution in [0.5, 0.6) is 0 Å². The summed E-state index contributed by atoms with van der Waals surface area (Å²) >= 11 is 0. The number of rotatable bonds is 6. The zero-order valence-corrected chi connectivity index (χ0v) is 29.9. The molecule has 2 heterocycles. The van der Waals surface area contributed by atoms with E-state index in [-0.39, 0.29) is 0 Å². The molecule has 3 nitrogen and oxygen atoms in total. The Kier molecular flexibility index (Phi) is 7.17. The zero-order valence-electron chi connectivity index (χ0n) is 29.9. The van der Waals surface area contributed by atoms with Gasteiger partial charge in [-0.1, -0.05) is 127 Å². The van der Waals surface area contributed by atoms with E-state index in [4.69, 9.17) is 4.42 Å². The molecule has 55 heavy (non-hydrogen) atoms. The van der Waals surface area contributed by atoms with Crippen molar-refractivity contribution in [1.82, 2.24) is 4.57 Å². The molecule has 0 radical (unpaired) electrons. The number of hydrogen-bond acceptors (Lipinski definition) is 2. The van der Waals surface area contributed by atoms with Gasteiger partial charge < -0.3 is 13.9 Å². The van der Waals surface area contributed by atoms with Crippen molar-refractivity contribution in [3.05, 3.63) is 206 Å². The first kappa shape index (κ1) is 31.2. The number of hydrogen-bond donors (Lipinski definition) is 0. The van der Waals surface area contributed by atoms with Crippen molar-refractivity contribution in [2.75, 3.05) is 4.90 Å². The lowest BCUT2D eigenvalue weighted by atomic mass is 9.94. The number of fused-ring (bicyclic) bond motifs is 8. The summed E-state index contributed by atoms with van der Waals surface area (Å²) in [6.45, 7) is 0. The maximum absolute atomic E-state index is 6.85. The van der Waals surface area contributed by atoms with Gasteiger partial charge in [-0.05, 0) is 106 Å². The van der Waals surface area contributed by atoms with Crippen LogP contribution in [0, 0.1) is 0 Å². The van der Waals surface area contributed by atoms with Gasteiger partial charge in [-0.25, -0.2) is 0 Å². The average molecular weight is 703 g/mol. The van der Waals surface area contributed by atoms with Crippen LogP contribution in [0.1, 0.15) is 0 Å². The normalized spacial score (nSPS) is 11.6. The summed E-state index contributed by atoms with van der Waals surface area (Å²) < 4.78 is 9.22. The third-order valence-electron chi connectivity index (χ3n) is 11.0. The highest BCUT2D eigenvalue weighted by Crippen LogP contribution is 2.44. The summed E-state index contributed by atoms with van der Waals surface area (Å²) in [6, 6.07) is 73.7. The summed E-state index contributed by atoms with van der Waals surface area (Å²) in [5.74, 6) is 0. The van der Waals surface area contributed by atoms with Gasteiger partial charge in [0.05, 0.1) is 11.0 Å². The SMILES string of the molecule is c1ccc(-c2ccc(N(c3ccccc3)c3ccc4c(c3)oc3cc(-c5ccc6c(c5)c5ccccc5n6-c5ccccc5)c5ccccc5c34)cc2)cc1. The first-order chi connectivity index (χ1) is 27.3. The second kappa shape index (κ2) is 12.6. The van der Waals surface area contributed by atoms with E-state index in [1.54, 1.807) is 0 Å². The third kappa shape index (κ3) is 5.13. The molecular weight excluding hydrogens is 669 g/mol. The van der Waals surface area contributed by atoms with Gasteiger partial charge in [0.25, 0.3) is 0 Å². The van der Waals surface area contributed by atoms with Gasteiger partial charge in [0, 0.05) is 50.4 Å². The maximum Gasteiger partial charge on any atom is 0.137 e. The van der Waals surface area contributed by atoms with Gasteiger partial charge in [-0.15, -0.1) is 0 Å². The Morgan fingerprint density at radius 1 is 0.345 bits per heavy atom. The number of benzene rings is 9. The van der Waals surface area contributed by atoms with Crippen LogP contribution in [0.25, 0.3) is 82.5 Å². The molecule has 11 aromatic rings. The molecule has 258 valence electrons. The van der Waals surface area contributed by atoms with Crippen LogP contribution in [0.15, 0.2) is 211 Å². The van der Waals surface area contributed by atoms with E-state index in [2.05, 4.69) is 216 Å². The highest BCUT2D eigenvalue weighted by atomic mass is 16.3. The second-order valence-corrected chi connectivity index (χ2v) is 14.1. The van der Waals surface area contributed by atoms with Crippen molar-refractivity contribution < 1.29 is 4.42 Å². The summed E-state index contributed by atoms with van der Waals surface area (Å²) in [4.78, 5) is 2.30. The van der Waals surface area contributed by atoms with Crippen molar-refractivity contribution in [2.24, 2.45) is 0 Å². The highest BCUT2D eigenvalue weighted by molar-refractivity contribution is 6.23. The number of anilines is 3. The van der Waals surface area contributed by atoms with Gasteiger partial charge >= 0.3 is 0 Å². The Labute approximate surface area is 318 Å². The fourth-order valence-corrected chi connectivity index (χ4v) is 8.46. The molecule has 0 atom stereocenters. The van der Waals surface area contributed by atoms with Gasteiger partial charge in [0.1, 0.15) is 11.2 Å². The van der Waals surface area contributed by atoms with E-state index in [1.165, 1.54) is 43.7 Å². The largest absolute Gasteiger partial charge is 0.456 e. The molecule has 2 aromatic heterocycles. The van der Waals surface area contributed by atoms with E-state index < -0.39 is 0 Å². The van der Waals surface area contributed by atoms with E-state index in [9.17, 15) is 0 Å². The van der Waals surface area contributed by atoms with Crippen molar-refractivity contribution in [3.8, 4) is 27.9 Å². The fourth-order valence-electron chi connectivity index (χ4n) is 8.46. The molecule has 0 unspecified atom stereocenters. The van der Waals surface area contributed by atoms with E-state index >= 15 is 0 Å². The van der Waals surface area contributed by atoms with E-state index in [0.29, 0.717) is 0 Å². The predicted octanol–water partition coefficient (Wildman–Crippen LogP) is 14.6. The minimum Gasteiger partial charge on any atom is -0.456 e. The summed E-state index contributed by atoms with van der Waals surface area (Å²) in [5, 5.41) is 7.11. The zero-order chi connectivity index (χ0) is 36.3. The molecule has 0 saturated carbocycles. The number of nitrogens with zero attached hydrogens (tertiary/aromatic N) is 2. The highest BCUT2D eigenvalue weighted by Gasteiger charge is 2.20. The van der Waals surface area contributed by atoms with Gasteiger partial charge in [0.15, 0.2) is 0 Å². The first-order valence-corrected chi connectivity index (χ1v) is 18.8. The van der Waals surface area contributed by atoms with Crippen molar-refractivity contribution >= 4 is 71.6 Å². The summed E-state index contributed by atoms with van der Waals surface area (Å²) in [7, 11) is 0. The summed E-state index contributed by atoms with van der Waals surface area (Å²) in [6.07, 6.45) is 0. The molecule has 11 rings (SSSR count). The van der Waals surface area contributed by atoms with Gasteiger partial charge in [-0.2, -0.15) is 0 Å². The van der Waals surface area contributed by atoms with Crippen LogP contribution in [0.4, 0.5) is 17.1 Å². The van der Waals surface area contributed by atoms with Crippen LogP contribution >= 0.6 is 0 Å².